The van der Waals surface area contributed by atoms with Gasteiger partial charge in [-0.1, -0.05) is 61.8 Å². The van der Waals surface area contributed by atoms with Crippen molar-refractivity contribution >= 4 is 11.6 Å². The quantitative estimate of drug-likeness (QED) is 0.424. The normalized spacial score (nSPS) is 16.1. The molecule has 1 aliphatic heterocycles. The molecule has 2 aromatic carbocycles. The average molecular weight is 461 g/mol. The minimum atomic E-state index is -0.406. The van der Waals surface area contributed by atoms with Crippen molar-refractivity contribution in [1.29, 1.82) is 0 Å². The SMILES string of the molecule is CCCCN1C(=O)NC(c2ccc(OCC)cc2)C(c2nc(-c3ccc(CC)cc3)no2)=C1C. The number of hydrogen-bond donors (Lipinski definition) is 1. The predicted molar refractivity (Wildman–Crippen MR) is 132 cm³/mol. The van der Waals surface area contributed by atoms with Gasteiger partial charge in [0, 0.05) is 17.8 Å². The molecule has 178 valence electrons. The second-order valence-corrected chi connectivity index (χ2v) is 8.36. The highest BCUT2D eigenvalue weighted by Crippen LogP contribution is 2.38. The highest BCUT2D eigenvalue weighted by molar-refractivity contribution is 5.86. The second-order valence-electron chi connectivity index (χ2n) is 8.36. The lowest BCUT2D eigenvalue weighted by atomic mass is 9.94. The molecule has 0 radical (unpaired) electrons. The first-order chi connectivity index (χ1) is 16.5. The Morgan fingerprint density at radius 3 is 2.44 bits per heavy atom. The molecule has 0 saturated heterocycles. The summed E-state index contributed by atoms with van der Waals surface area (Å²) in [6, 6.07) is 15.4. The number of benzene rings is 2. The molecule has 0 fully saturated rings. The zero-order valence-corrected chi connectivity index (χ0v) is 20.3. The van der Waals surface area contributed by atoms with E-state index < -0.39 is 6.04 Å². The number of carbonyl (C=O) groups is 1. The average Bonchev–Trinajstić information content (AvgIpc) is 3.34. The summed E-state index contributed by atoms with van der Waals surface area (Å²) < 4.78 is 11.3. The van der Waals surface area contributed by atoms with E-state index in [0.717, 1.165) is 47.4 Å². The minimum Gasteiger partial charge on any atom is -0.494 e. The summed E-state index contributed by atoms with van der Waals surface area (Å²) in [7, 11) is 0. The number of unbranched alkanes of at least 4 members (excludes halogenated alkanes) is 1. The number of carbonyl (C=O) groups excluding carboxylic acids is 1. The largest absolute Gasteiger partial charge is 0.494 e. The molecule has 2 amide bonds. The van der Waals surface area contributed by atoms with E-state index in [9.17, 15) is 4.79 Å². The van der Waals surface area contributed by atoms with E-state index in [-0.39, 0.29) is 6.03 Å². The molecule has 1 unspecified atom stereocenters. The molecule has 7 nitrogen and oxygen atoms in total. The number of urea groups is 1. The molecule has 0 saturated carbocycles. The van der Waals surface area contributed by atoms with Gasteiger partial charge in [-0.15, -0.1) is 0 Å². The van der Waals surface area contributed by atoms with E-state index in [4.69, 9.17) is 14.2 Å². The molecular formula is C27H32N4O3. The molecule has 1 aromatic heterocycles. The monoisotopic (exact) mass is 460 g/mol. The maximum Gasteiger partial charge on any atom is 0.322 e. The summed E-state index contributed by atoms with van der Waals surface area (Å²) in [5.41, 5.74) is 4.71. The Hall–Kier alpha value is -3.61. The maximum atomic E-state index is 13.0. The molecule has 3 aromatic rings. The zero-order chi connectivity index (χ0) is 24.1. The first kappa shape index (κ1) is 23.5. The van der Waals surface area contributed by atoms with Gasteiger partial charge in [0.25, 0.3) is 5.89 Å². The molecule has 0 spiro atoms. The van der Waals surface area contributed by atoms with Crippen molar-refractivity contribution in [2.75, 3.05) is 13.2 Å². The first-order valence-corrected chi connectivity index (χ1v) is 12.0. The van der Waals surface area contributed by atoms with E-state index in [2.05, 4.69) is 36.5 Å². The number of aromatic nitrogens is 2. The summed E-state index contributed by atoms with van der Waals surface area (Å²) in [5, 5.41) is 7.40. The third-order valence-electron chi connectivity index (χ3n) is 6.13. The van der Waals surface area contributed by atoms with Crippen LogP contribution in [0.1, 0.15) is 63.6 Å². The van der Waals surface area contributed by atoms with Crippen LogP contribution in [0.2, 0.25) is 0 Å². The molecule has 0 bridgehead atoms. The smallest absolute Gasteiger partial charge is 0.322 e. The van der Waals surface area contributed by atoms with Crippen LogP contribution in [0.3, 0.4) is 0 Å². The molecule has 0 aliphatic carbocycles. The number of allylic oxidation sites excluding steroid dienone is 1. The summed E-state index contributed by atoms with van der Waals surface area (Å²) in [6.45, 7) is 9.36. The van der Waals surface area contributed by atoms with Gasteiger partial charge in [0.05, 0.1) is 18.2 Å². The molecule has 1 N–H and O–H groups in total. The van der Waals surface area contributed by atoms with Gasteiger partial charge >= 0.3 is 6.03 Å². The highest BCUT2D eigenvalue weighted by atomic mass is 16.5. The fourth-order valence-corrected chi connectivity index (χ4v) is 4.16. The minimum absolute atomic E-state index is 0.122. The number of rotatable bonds is 9. The van der Waals surface area contributed by atoms with Gasteiger partial charge in [0.2, 0.25) is 5.82 Å². The van der Waals surface area contributed by atoms with E-state index in [1.165, 1.54) is 5.56 Å². The van der Waals surface area contributed by atoms with E-state index in [1.807, 2.05) is 50.2 Å². The Bertz CT molecular complexity index is 1150. The fourth-order valence-electron chi connectivity index (χ4n) is 4.16. The molecular weight excluding hydrogens is 428 g/mol. The van der Waals surface area contributed by atoms with Crippen molar-refractivity contribution in [3.63, 3.8) is 0 Å². The van der Waals surface area contributed by atoms with Crippen LogP contribution in [0.15, 0.2) is 58.8 Å². The molecule has 1 atom stereocenters. The van der Waals surface area contributed by atoms with Crippen LogP contribution in [0, 0.1) is 0 Å². The number of ether oxygens (including phenoxy) is 1. The van der Waals surface area contributed by atoms with Gasteiger partial charge in [0.1, 0.15) is 5.75 Å². The predicted octanol–water partition coefficient (Wildman–Crippen LogP) is 6.00. The lowest BCUT2D eigenvalue weighted by molar-refractivity contribution is 0.204. The number of hydrogen-bond acceptors (Lipinski definition) is 5. The summed E-state index contributed by atoms with van der Waals surface area (Å²) in [6.07, 6.45) is 2.87. The Morgan fingerprint density at radius 2 is 1.79 bits per heavy atom. The van der Waals surface area contributed by atoms with Gasteiger partial charge in [-0.3, -0.25) is 4.90 Å². The van der Waals surface area contributed by atoms with Crippen LogP contribution in [0.25, 0.3) is 17.0 Å². The van der Waals surface area contributed by atoms with E-state index >= 15 is 0 Å². The van der Waals surface area contributed by atoms with E-state index in [0.29, 0.717) is 24.9 Å². The molecule has 2 heterocycles. The summed E-state index contributed by atoms with van der Waals surface area (Å²) in [4.78, 5) is 19.5. The standard InChI is InChI=1S/C27H32N4O3/c1-5-8-17-31-18(4)23(24(28-27(31)32)20-13-15-22(16-14-20)33-7-3)26-29-25(30-34-26)21-11-9-19(6-2)10-12-21/h9-16,24H,5-8,17H2,1-4H3,(H,28,32). The van der Waals surface area contributed by atoms with Gasteiger partial charge in [-0.05, 0) is 49.9 Å². The van der Waals surface area contributed by atoms with E-state index in [1.54, 1.807) is 4.90 Å². The van der Waals surface area contributed by atoms with Crippen LogP contribution >= 0.6 is 0 Å². The fraction of sp³-hybridized carbons (Fsp3) is 0.370. The van der Waals surface area contributed by atoms with Crippen LogP contribution < -0.4 is 10.1 Å². The van der Waals surface area contributed by atoms with Gasteiger partial charge in [-0.2, -0.15) is 4.98 Å². The van der Waals surface area contributed by atoms with Crippen molar-refractivity contribution in [2.24, 2.45) is 0 Å². The molecule has 7 heteroatoms. The Balaban J connectivity index is 1.74. The lowest BCUT2D eigenvalue weighted by Gasteiger charge is -2.35. The van der Waals surface area contributed by atoms with Crippen LogP contribution in [0.4, 0.5) is 4.79 Å². The van der Waals surface area contributed by atoms with Crippen LogP contribution in [0.5, 0.6) is 5.75 Å². The zero-order valence-electron chi connectivity index (χ0n) is 20.3. The number of nitrogens with zero attached hydrogens (tertiary/aromatic N) is 3. The van der Waals surface area contributed by atoms with Crippen molar-refractivity contribution in [2.45, 2.75) is 53.0 Å². The Labute approximate surface area is 200 Å². The number of nitrogens with one attached hydrogen (secondary N) is 1. The van der Waals surface area contributed by atoms with Crippen molar-refractivity contribution < 1.29 is 14.1 Å². The third kappa shape index (κ3) is 4.83. The van der Waals surface area contributed by atoms with Crippen LogP contribution in [-0.4, -0.2) is 34.2 Å². The summed E-state index contributed by atoms with van der Waals surface area (Å²) >= 11 is 0. The molecule has 1 aliphatic rings. The van der Waals surface area contributed by atoms with Gasteiger partial charge in [0.15, 0.2) is 0 Å². The lowest BCUT2D eigenvalue weighted by Crippen LogP contribution is -2.46. The number of aryl methyl sites for hydroxylation is 1. The van der Waals surface area contributed by atoms with Crippen molar-refractivity contribution in [3.05, 3.63) is 71.2 Å². The second kappa shape index (κ2) is 10.5. The third-order valence-corrected chi connectivity index (χ3v) is 6.13. The molecule has 4 rings (SSSR count). The Kier molecular flexibility index (Phi) is 7.30. The van der Waals surface area contributed by atoms with Gasteiger partial charge in [-0.25, -0.2) is 4.79 Å². The topological polar surface area (TPSA) is 80.5 Å². The van der Waals surface area contributed by atoms with Gasteiger partial charge < -0.3 is 14.6 Å². The van der Waals surface area contributed by atoms with Crippen LogP contribution in [-0.2, 0) is 6.42 Å². The van der Waals surface area contributed by atoms with Crippen molar-refractivity contribution in [3.8, 4) is 17.1 Å². The maximum absolute atomic E-state index is 13.0. The first-order valence-electron chi connectivity index (χ1n) is 12.0. The Morgan fingerprint density at radius 1 is 1.06 bits per heavy atom. The molecule has 34 heavy (non-hydrogen) atoms. The number of amides is 2. The highest BCUT2D eigenvalue weighted by Gasteiger charge is 2.35. The summed E-state index contributed by atoms with van der Waals surface area (Å²) in [5.74, 6) is 1.73. The van der Waals surface area contributed by atoms with Crippen molar-refractivity contribution in [1.82, 2.24) is 20.4 Å².